The average molecular weight is 456 g/mol. The van der Waals surface area contributed by atoms with Crippen LogP contribution in [0.4, 0.5) is 13.2 Å². The summed E-state index contributed by atoms with van der Waals surface area (Å²) in [5, 5.41) is 13.8. The summed E-state index contributed by atoms with van der Waals surface area (Å²) in [6.45, 7) is 2.77. The van der Waals surface area contributed by atoms with Crippen molar-refractivity contribution in [2.45, 2.75) is 51.2 Å². The smallest absolute Gasteiger partial charge is 0.545 e. The fourth-order valence-electron chi connectivity index (χ4n) is 3.85. The van der Waals surface area contributed by atoms with Crippen LogP contribution in [-0.2, 0) is 11.3 Å². The molecule has 172 valence electrons. The number of likely N-dealkylation sites (tertiary alicyclic amines) is 1. The normalized spacial score (nSPS) is 17.5. The van der Waals surface area contributed by atoms with Crippen LogP contribution in [0.5, 0.6) is 5.75 Å². The van der Waals surface area contributed by atoms with Crippen LogP contribution in [0.3, 0.4) is 0 Å². The number of nitrogens with zero attached hydrogens (tertiary/aromatic N) is 1. The molecule has 0 radical (unpaired) electrons. The van der Waals surface area contributed by atoms with Crippen LogP contribution in [-0.4, -0.2) is 35.7 Å². The number of hydrogen-bond acceptors (Lipinski definition) is 5. The van der Waals surface area contributed by atoms with E-state index in [1.807, 2.05) is 4.90 Å². The van der Waals surface area contributed by atoms with Gasteiger partial charge in [-0.3, -0.25) is 9.69 Å². The van der Waals surface area contributed by atoms with Crippen LogP contribution in [0, 0.1) is 0 Å². The third kappa shape index (κ3) is 7.81. The summed E-state index contributed by atoms with van der Waals surface area (Å²) in [5.74, 6) is -1.73. The number of alkyl halides is 3. The minimum absolute atomic E-state index is 0. The summed E-state index contributed by atoms with van der Waals surface area (Å²) in [5.41, 5.74) is 1.43. The van der Waals surface area contributed by atoms with E-state index < -0.39 is 18.4 Å². The minimum atomic E-state index is -4.76. The van der Waals surface area contributed by atoms with Gasteiger partial charge in [-0.2, -0.15) is 0 Å². The number of halogens is 3. The number of piperidine rings is 1. The number of hydrogen-bond donors (Lipinski definition) is 1. The predicted molar refractivity (Wildman–Crippen MR) is 109 cm³/mol. The molecule has 1 heterocycles. The standard InChI is InChI=1S/C23H25F3N2O4.Li/c1-15(17-8-10-18(11-9-17)22(30)31)27-21(29)20-7-2-3-12-28(20)14-16-5-4-6-19(13-16)32-23(24,25)26;/h4-6,8-11,13,15,20H,2-3,7,12,14H2,1H3,(H,27,29)(H,30,31);/q;+1/p-1/t15?,20-;/m0./s1. The Morgan fingerprint density at radius 3 is 2.52 bits per heavy atom. The SMILES string of the molecule is CC(NC(=O)[C@@H]1CCCCN1Cc1cccc(OC(F)(F)F)c1)c1ccc(C(=O)[O-])cc1.[Li+]. The van der Waals surface area contributed by atoms with E-state index in [0.29, 0.717) is 25.1 Å². The molecule has 6 nitrogen and oxygen atoms in total. The first kappa shape index (κ1) is 26.8. The van der Waals surface area contributed by atoms with Crippen molar-refractivity contribution in [1.29, 1.82) is 0 Å². The molecule has 0 spiro atoms. The van der Waals surface area contributed by atoms with Gasteiger partial charge in [-0.15, -0.1) is 13.2 Å². The summed E-state index contributed by atoms with van der Waals surface area (Å²) in [4.78, 5) is 25.8. The third-order valence-electron chi connectivity index (χ3n) is 5.44. The van der Waals surface area contributed by atoms with Crippen LogP contribution in [0.1, 0.15) is 53.7 Å². The first-order valence-electron chi connectivity index (χ1n) is 10.3. The molecule has 0 bridgehead atoms. The summed E-state index contributed by atoms with van der Waals surface area (Å²) in [6.07, 6.45) is -2.36. The van der Waals surface area contributed by atoms with Gasteiger partial charge >= 0.3 is 25.2 Å². The van der Waals surface area contributed by atoms with E-state index in [2.05, 4.69) is 10.1 Å². The number of carbonyl (C=O) groups is 2. The van der Waals surface area contributed by atoms with Gasteiger partial charge in [0.1, 0.15) is 5.75 Å². The number of ether oxygens (including phenoxy) is 1. The van der Waals surface area contributed by atoms with Gasteiger partial charge < -0.3 is 20.0 Å². The number of carbonyl (C=O) groups excluding carboxylic acids is 2. The first-order chi connectivity index (χ1) is 15.1. The topological polar surface area (TPSA) is 81.7 Å². The number of aromatic carboxylic acids is 1. The van der Waals surface area contributed by atoms with Crippen LogP contribution in [0.25, 0.3) is 0 Å². The maximum Gasteiger partial charge on any atom is 1.00 e. The van der Waals surface area contributed by atoms with Crippen molar-refractivity contribution in [3.05, 3.63) is 65.2 Å². The molecule has 1 aliphatic heterocycles. The third-order valence-corrected chi connectivity index (χ3v) is 5.44. The van der Waals surface area contributed by atoms with E-state index in [-0.39, 0.29) is 42.1 Å². The molecule has 1 fully saturated rings. The fraction of sp³-hybridized carbons (Fsp3) is 0.391. The van der Waals surface area contributed by atoms with Crippen LogP contribution in [0.2, 0.25) is 0 Å². The van der Waals surface area contributed by atoms with Gasteiger partial charge in [-0.1, -0.05) is 42.8 Å². The monoisotopic (exact) mass is 456 g/mol. The zero-order valence-electron chi connectivity index (χ0n) is 18.5. The maximum atomic E-state index is 13.0. The van der Waals surface area contributed by atoms with Crippen LogP contribution < -0.4 is 34.0 Å². The summed E-state index contributed by atoms with van der Waals surface area (Å²) in [6, 6.07) is 11.1. The summed E-state index contributed by atoms with van der Waals surface area (Å²) >= 11 is 0. The molecule has 0 aliphatic carbocycles. The zero-order chi connectivity index (χ0) is 23.3. The van der Waals surface area contributed by atoms with Crippen molar-refractivity contribution in [2.24, 2.45) is 0 Å². The second kappa shape index (κ2) is 11.6. The summed E-state index contributed by atoms with van der Waals surface area (Å²) < 4.78 is 41.5. The molecule has 1 amide bonds. The zero-order valence-corrected chi connectivity index (χ0v) is 18.5. The number of benzene rings is 2. The fourth-order valence-corrected chi connectivity index (χ4v) is 3.85. The number of carboxylic acid groups (broad SMARTS) is 1. The van der Waals surface area contributed by atoms with E-state index in [1.54, 1.807) is 25.1 Å². The van der Waals surface area contributed by atoms with Crippen molar-refractivity contribution in [1.82, 2.24) is 10.2 Å². The van der Waals surface area contributed by atoms with Gasteiger partial charge in [0.25, 0.3) is 0 Å². The molecule has 1 unspecified atom stereocenters. The molecule has 3 rings (SSSR count). The van der Waals surface area contributed by atoms with Crippen molar-refractivity contribution < 1.29 is 51.5 Å². The van der Waals surface area contributed by atoms with Gasteiger partial charge in [0.05, 0.1) is 18.1 Å². The maximum absolute atomic E-state index is 13.0. The Morgan fingerprint density at radius 1 is 1.18 bits per heavy atom. The Balaban J connectivity index is 0.00000385. The Kier molecular flexibility index (Phi) is 9.41. The predicted octanol–water partition coefficient (Wildman–Crippen LogP) is 0.185. The molecule has 0 aromatic heterocycles. The van der Waals surface area contributed by atoms with Crippen molar-refractivity contribution in [3.63, 3.8) is 0 Å². The number of rotatable bonds is 7. The number of amides is 1. The van der Waals surface area contributed by atoms with Crippen molar-refractivity contribution in [2.75, 3.05) is 6.54 Å². The van der Waals surface area contributed by atoms with Gasteiger partial charge in [-0.05, 0) is 55.1 Å². The molecule has 33 heavy (non-hydrogen) atoms. The van der Waals surface area contributed by atoms with Crippen molar-refractivity contribution >= 4 is 11.9 Å². The molecule has 2 atom stereocenters. The largest absolute Gasteiger partial charge is 1.00 e. The van der Waals surface area contributed by atoms with E-state index in [4.69, 9.17) is 0 Å². The molecule has 1 aliphatic rings. The van der Waals surface area contributed by atoms with E-state index >= 15 is 0 Å². The Labute approximate surface area is 202 Å². The van der Waals surface area contributed by atoms with E-state index in [9.17, 15) is 27.9 Å². The molecular weight excluding hydrogens is 432 g/mol. The molecule has 0 saturated carbocycles. The quantitative estimate of drug-likeness (QED) is 0.602. The number of nitrogens with one attached hydrogen (secondary N) is 1. The molecule has 10 heteroatoms. The van der Waals surface area contributed by atoms with Crippen LogP contribution in [0.15, 0.2) is 48.5 Å². The first-order valence-corrected chi connectivity index (χ1v) is 10.3. The number of carboxylic acids is 1. The Hall–Kier alpha value is -2.47. The molecule has 1 saturated heterocycles. The molecule has 2 aromatic rings. The van der Waals surface area contributed by atoms with Crippen LogP contribution >= 0.6 is 0 Å². The minimum Gasteiger partial charge on any atom is -0.545 e. The second-order valence-corrected chi connectivity index (χ2v) is 7.82. The molecule has 1 N–H and O–H groups in total. The Bertz CT molecular complexity index is 953. The van der Waals surface area contributed by atoms with Gasteiger partial charge in [0.15, 0.2) is 0 Å². The van der Waals surface area contributed by atoms with E-state index in [1.165, 1.54) is 30.3 Å². The van der Waals surface area contributed by atoms with Gasteiger partial charge in [0, 0.05) is 6.54 Å². The van der Waals surface area contributed by atoms with E-state index in [0.717, 1.165) is 18.4 Å². The average Bonchev–Trinajstić information content (AvgIpc) is 2.73. The van der Waals surface area contributed by atoms with Gasteiger partial charge in [0.2, 0.25) is 5.91 Å². The Morgan fingerprint density at radius 2 is 1.88 bits per heavy atom. The van der Waals surface area contributed by atoms with Gasteiger partial charge in [-0.25, -0.2) is 0 Å². The summed E-state index contributed by atoms with van der Waals surface area (Å²) in [7, 11) is 0. The van der Waals surface area contributed by atoms with Crippen molar-refractivity contribution in [3.8, 4) is 5.75 Å². The second-order valence-electron chi connectivity index (χ2n) is 7.82. The molecule has 2 aromatic carbocycles. The molecular formula is C23H24F3LiN2O4.